The Morgan fingerprint density at radius 3 is 1.44 bits per heavy atom. The number of hydrogen-bond donors (Lipinski definition) is 0. The lowest BCUT2D eigenvalue weighted by molar-refractivity contribution is 0.951. The molecular formula is C49H30N8. The molecule has 0 saturated carbocycles. The molecule has 6 aromatic heterocycles. The normalized spacial score (nSPS) is 11.9. The van der Waals surface area contributed by atoms with Crippen LogP contribution in [0.25, 0.3) is 106 Å². The molecule has 0 bridgehead atoms. The lowest BCUT2D eigenvalue weighted by atomic mass is 10.1. The van der Waals surface area contributed by atoms with Crippen LogP contribution in [0.1, 0.15) is 0 Å². The maximum absolute atomic E-state index is 5.38. The minimum atomic E-state index is 0.540. The number of para-hydroxylation sites is 4. The summed E-state index contributed by atoms with van der Waals surface area (Å²) in [5.74, 6) is 1.67. The van der Waals surface area contributed by atoms with E-state index in [9.17, 15) is 0 Å². The van der Waals surface area contributed by atoms with Crippen molar-refractivity contribution in [3.63, 3.8) is 0 Å². The van der Waals surface area contributed by atoms with E-state index in [0.717, 1.165) is 88.2 Å². The third-order valence-electron chi connectivity index (χ3n) is 11.0. The Kier molecular flexibility index (Phi) is 6.76. The average Bonchev–Trinajstić information content (AvgIpc) is 3.92. The quantitative estimate of drug-likeness (QED) is 0.176. The van der Waals surface area contributed by atoms with Gasteiger partial charge >= 0.3 is 0 Å². The van der Waals surface area contributed by atoms with Crippen molar-refractivity contribution in [3.8, 4) is 40.1 Å². The summed E-state index contributed by atoms with van der Waals surface area (Å²) in [6, 6.07) is 58.7. The summed E-state index contributed by atoms with van der Waals surface area (Å²) in [5, 5.41) is 6.69. The topological polar surface area (TPSA) is 79.2 Å². The Labute approximate surface area is 325 Å². The molecule has 12 rings (SSSR count). The van der Waals surface area contributed by atoms with Crippen LogP contribution in [-0.2, 0) is 0 Å². The van der Waals surface area contributed by atoms with Crippen LogP contribution in [0.2, 0.25) is 0 Å². The molecule has 0 aliphatic carbocycles. The zero-order chi connectivity index (χ0) is 37.5. The molecule has 0 fully saturated rings. The van der Waals surface area contributed by atoms with Crippen molar-refractivity contribution >= 4 is 65.7 Å². The molecule has 0 N–H and O–H groups in total. The maximum Gasteiger partial charge on any atom is 0.238 e. The van der Waals surface area contributed by atoms with Gasteiger partial charge in [0.25, 0.3) is 0 Å². The predicted molar refractivity (Wildman–Crippen MR) is 229 cm³/mol. The molecule has 0 radical (unpaired) electrons. The minimum Gasteiger partial charge on any atom is -0.294 e. The summed E-state index contributed by atoms with van der Waals surface area (Å²) in [7, 11) is 0. The molecule has 8 heteroatoms. The van der Waals surface area contributed by atoms with Crippen molar-refractivity contribution in [2.75, 3.05) is 0 Å². The Morgan fingerprint density at radius 2 is 0.825 bits per heavy atom. The lowest BCUT2D eigenvalue weighted by Crippen LogP contribution is -2.08. The second-order valence-electron chi connectivity index (χ2n) is 14.2. The Bertz CT molecular complexity index is 3380. The standard InChI is InChI=1S/C49H30N8/c1-2-14-31(15-3-1)45-52-46(54-49(53-45)57-42-24-10-4-16-33(42)34-17-5-11-25-43(34)57)39-27-26-32(55-40-22-8-6-18-35(40)37-20-12-28-50-47(37)55)30-44(39)56-41-23-9-7-19-36(41)38-21-13-29-51-48(38)56/h1-30H. The van der Waals surface area contributed by atoms with Crippen molar-refractivity contribution in [2.45, 2.75) is 0 Å². The Morgan fingerprint density at radius 1 is 0.351 bits per heavy atom. The third kappa shape index (κ3) is 4.71. The molecule has 0 aliphatic heterocycles. The van der Waals surface area contributed by atoms with Crippen LogP contribution < -0.4 is 0 Å². The minimum absolute atomic E-state index is 0.540. The first-order valence-corrected chi connectivity index (χ1v) is 18.9. The first-order valence-electron chi connectivity index (χ1n) is 18.9. The highest BCUT2D eigenvalue weighted by Crippen LogP contribution is 2.39. The van der Waals surface area contributed by atoms with Crippen LogP contribution in [0.3, 0.4) is 0 Å². The first kappa shape index (κ1) is 31.4. The molecule has 0 amide bonds. The summed E-state index contributed by atoms with van der Waals surface area (Å²) >= 11 is 0. The van der Waals surface area contributed by atoms with Crippen LogP contribution in [0, 0.1) is 0 Å². The SMILES string of the molecule is c1ccc(-c2nc(-c3ccc(-n4c5ccccc5c5cccnc54)cc3-n3c4ccccc4c4cccnc43)nc(-n3c4ccccc4c4ccccc43)n2)cc1. The van der Waals surface area contributed by atoms with Gasteiger partial charge < -0.3 is 0 Å². The third-order valence-corrected chi connectivity index (χ3v) is 11.0. The number of aromatic nitrogens is 8. The van der Waals surface area contributed by atoms with E-state index in [-0.39, 0.29) is 0 Å². The molecule has 0 saturated heterocycles. The van der Waals surface area contributed by atoms with E-state index in [1.54, 1.807) is 0 Å². The second kappa shape index (κ2) is 12.3. The molecule has 0 unspecified atom stereocenters. The van der Waals surface area contributed by atoms with Crippen molar-refractivity contribution in [1.29, 1.82) is 0 Å². The van der Waals surface area contributed by atoms with E-state index in [0.29, 0.717) is 17.6 Å². The maximum atomic E-state index is 5.38. The molecule has 266 valence electrons. The zero-order valence-corrected chi connectivity index (χ0v) is 30.4. The van der Waals surface area contributed by atoms with Crippen LogP contribution in [0.15, 0.2) is 182 Å². The fourth-order valence-electron chi connectivity index (χ4n) is 8.57. The number of pyridine rings is 2. The number of benzene rings is 6. The highest BCUT2D eigenvalue weighted by atomic mass is 15.2. The lowest BCUT2D eigenvalue weighted by Gasteiger charge is -2.17. The first-order chi connectivity index (χ1) is 28.3. The van der Waals surface area contributed by atoms with Gasteiger partial charge in [0.1, 0.15) is 11.3 Å². The molecule has 0 spiro atoms. The summed E-state index contributed by atoms with van der Waals surface area (Å²) in [4.78, 5) is 25.8. The molecule has 12 aromatic rings. The van der Waals surface area contributed by atoms with Gasteiger partial charge in [-0.1, -0.05) is 103 Å². The number of rotatable bonds is 5. The molecule has 0 atom stereocenters. The van der Waals surface area contributed by atoms with E-state index in [1.807, 2.05) is 54.9 Å². The summed E-state index contributed by atoms with van der Waals surface area (Å²) in [6.07, 6.45) is 3.71. The highest BCUT2D eigenvalue weighted by Gasteiger charge is 2.23. The van der Waals surface area contributed by atoms with Gasteiger partial charge in [0.15, 0.2) is 11.6 Å². The van der Waals surface area contributed by atoms with Gasteiger partial charge in [-0.25, -0.2) is 15.0 Å². The second-order valence-corrected chi connectivity index (χ2v) is 14.2. The van der Waals surface area contributed by atoms with Gasteiger partial charge in [-0.05, 0) is 66.7 Å². The van der Waals surface area contributed by atoms with Crippen LogP contribution in [0.4, 0.5) is 0 Å². The largest absolute Gasteiger partial charge is 0.294 e. The monoisotopic (exact) mass is 730 g/mol. The average molecular weight is 731 g/mol. The Hall–Kier alpha value is -7.97. The molecule has 6 heterocycles. The highest BCUT2D eigenvalue weighted by molar-refractivity contribution is 6.10. The van der Waals surface area contributed by atoms with Gasteiger partial charge in [0, 0.05) is 61.5 Å². The van der Waals surface area contributed by atoms with Gasteiger partial charge in [0.2, 0.25) is 5.95 Å². The number of nitrogens with zero attached hydrogens (tertiary/aromatic N) is 8. The molecule has 57 heavy (non-hydrogen) atoms. The smallest absolute Gasteiger partial charge is 0.238 e. The molecule has 6 aromatic carbocycles. The summed E-state index contributed by atoms with van der Waals surface area (Å²) < 4.78 is 6.64. The number of hydrogen-bond acceptors (Lipinski definition) is 5. The molecule has 8 nitrogen and oxygen atoms in total. The van der Waals surface area contributed by atoms with Crippen molar-refractivity contribution in [3.05, 3.63) is 182 Å². The van der Waals surface area contributed by atoms with Crippen molar-refractivity contribution in [1.82, 2.24) is 38.6 Å². The van der Waals surface area contributed by atoms with E-state index in [4.69, 9.17) is 24.9 Å². The van der Waals surface area contributed by atoms with E-state index >= 15 is 0 Å². The number of fused-ring (bicyclic) bond motifs is 9. The van der Waals surface area contributed by atoms with Gasteiger partial charge in [-0.3, -0.25) is 13.7 Å². The Balaban J connectivity index is 1.20. The fourth-order valence-corrected chi connectivity index (χ4v) is 8.57. The molecular weight excluding hydrogens is 701 g/mol. The van der Waals surface area contributed by atoms with E-state index in [1.165, 1.54) is 0 Å². The van der Waals surface area contributed by atoms with Gasteiger partial charge in [-0.15, -0.1) is 0 Å². The van der Waals surface area contributed by atoms with Gasteiger partial charge in [-0.2, -0.15) is 9.97 Å². The van der Waals surface area contributed by atoms with Gasteiger partial charge in [0.05, 0.1) is 27.8 Å². The predicted octanol–water partition coefficient (Wildman–Crippen LogP) is 11.3. The van der Waals surface area contributed by atoms with Crippen LogP contribution in [-0.4, -0.2) is 38.6 Å². The zero-order valence-electron chi connectivity index (χ0n) is 30.4. The van der Waals surface area contributed by atoms with E-state index < -0.39 is 0 Å². The van der Waals surface area contributed by atoms with Crippen molar-refractivity contribution in [2.24, 2.45) is 0 Å². The van der Waals surface area contributed by atoms with Crippen LogP contribution in [0.5, 0.6) is 0 Å². The molecule has 0 aliphatic rings. The fraction of sp³-hybridized carbons (Fsp3) is 0. The van der Waals surface area contributed by atoms with Crippen LogP contribution >= 0.6 is 0 Å². The van der Waals surface area contributed by atoms with E-state index in [2.05, 4.69) is 141 Å². The summed E-state index contributed by atoms with van der Waals surface area (Å²) in [5.41, 5.74) is 9.47. The van der Waals surface area contributed by atoms with Crippen molar-refractivity contribution < 1.29 is 0 Å². The summed E-state index contributed by atoms with van der Waals surface area (Å²) in [6.45, 7) is 0.